The van der Waals surface area contributed by atoms with Crippen molar-refractivity contribution in [2.45, 2.75) is 24.3 Å². The van der Waals surface area contributed by atoms with Crippen molar-refractivity contribution in [1.82, 2.24) is 15.0 Å². The van der Waals surface area contributed by atoms with Gasteiger partial charge in [-0.15, -0.1) is 0 Å². The van der Waals surface area contributed by atoms with Crippen molar-refractivity contribution >= 4 is 29.3 Å². The smallest absolute Gasteiger partial charge is 0.322 e. The molecule has 7 heteroatoms. The fourth-order valence-corrected chi connectivity index (χ4v) is 2.41. The second-order valence-electron chi connectivity index (χ2n) is 4.24. The highest BCUT2D eigenvalue weighted by atomic mass is 35.5. The Labute approximate surface area is 133 Å². The summed E-state index contributed by atoms with van der Waals surface area (Å²) in [6.07, 6.45) is 0.911. The number of hydrogen-bond donors (Lipinski definition) is 1. The Bertz CT molecular complexity index is 580. The first-order valence-electron chi connectivity index (χ1n) is 6.65. The van der Waals surface area contributed by atoms with E-state index in [9.17, 15) is 0 Å². The standard InChI is InChI=1S/C14H17ClN4OS/c1-3-8-20-13-17-12(16-2)18-14(19-13)21-9-10-4-6-11(15)7-5-10/h4-7H,3,8-9H2,1-2H3,(H,16,17,18,19). The SMILES string of the molecule is CCCOc1nc(NC)nc(SCc2ccc(Cl)cc2)n1. The zero-order valence-corrected chi connectivity index (χ0v) is 13.5. The molecule has 1 aromatic carbocycles. The first-order valence-corrected chi connectivity index (χ1v) is 8.01. The molecule has 5 nitrogen and oxygen atoms in total. The van der Waals surface area contributed by atoms with Crippen molar-refractivity contribution < 1.29 is 4.74 Å². The average Bonchev–Trinajstić information content (AvgIpc) is 2.52. The molecule has 0 amide bonds. The molecular weight excluding hydrogens is 308 g/mol. The monoisotopic (exact) mass is 324 g/mol. The Hall–Kier alpha value is -1.53. The maximum absolute atomic E-state index is 5.87. The summed E-state index contributed by atoms with van der Waals surface area (Å²) in [6, 6.07) is 8.09. The van der Waals surface area contributed by atoms with Crippen LogP contribution in [-0.2, 0) is 5.75 Å². The minimum atomic E-state index is 0.356. The lowest BCUT2D eigenvalue weighted by molar-refractivity contribution is 0.288. The zero-order chi connectivity index (χ0) is 15.1. The highest BCUT2D eigenvalue weighted by Gasteiger charge is 2.07. The lowest BCUT2D eigenvalue weighted by Gasteiger charge is -2.07. The predicted molar refractivity (Wildman–Crippen MR) is 86.2 cm³/mol. The number of nitrogens with one attached hydrogen (secondary N) is 1. The number of nitrogens with zero attached hydrogens (tertiary/aromatic N) is 3. The molecule has 0 saturated heterocycles. The van der Waals surface area contributed by atoms with Crippen LogP contribution in [0.4, 0.5) is 5.95 Å². The van der Waals surface area contributed by atoms with Gasteiger partial charge in [0.2, 0.25) is 5.95 Å². The molecule has 0 bridgehead atoms. The molecule has 112 valence electrons. The van der Waals surface area contributed by atoms with Gasteiger partial charge in [0.15, 0.2) is 5.16 Å². The summed E-state index contributed by atoms with van der Waals surface area (Å²) >= 11 is 7.40. The normalized spacial score (nSPS) is 10.4. The molecule has 0 aliphatic rings. The summed E-state index contributed by atoms with van der Waals surface area (Å²) in [7, 11) is 1.77. The first-order chi connectivity index (χ1) is 10.2. The number of rotatable bonds is 7. The Morgan fingerprint density at radius 2 is 1.95 bits per heavy atom. The van der Waals surface area contributed by atoms with E-state index in [1.54, 1.807) is 7.05 Å². The molecular formula is C14H17ClN4OS. The quantitative estimate of drug-likeness (QED) is 0.784. The van der Waals surface area contributed by atoms with Crippen LogP contribution in [0.5, 0.6) is 6.01 Å². The van der Waals surface area contributed by atoms with Gasteiger partial charge in [-0.1, -0.05) is 42.4 Å². The van der Waals surface area contributed by atoms with E-state index in [0.29, 0.717) is 23.7 Å². The van der Waals surface area contributed by atoms with Crippen LogP contribution in [0.2, 0.25) is 5.02 Å². The number of halogens is 1. The van der Waals surface area contributed by atoms with Crippen LogP contribution < -0.4 is 10.1 Å². The molecule has 2 aromatic rings. The third kappa shape index (κ3) is 5.06. The van der Waals surface area contributed by atoms with E-state index in [-0.39, 0.29) is 0 Å². The number of thioether (sulfide) groups is 1. The van der Waals surface area contributed by atoms with Crippen LogP contribution in [0.3, 0.4) is 0 Å². The van der Waals surface area contributed by atoms with Crippen LogP contribution in [0.15, 0.2) is 29.4 Å². The summed E-state index contributed by atoms with van der Waals surface area (Å²) in [6.45, 7) is 2.63. The molecule has 0 atom stereocenters. The van der Waals surface area contributed by atoms with Crippen LogP contribution in [0.1, 0.15) is 18.9 Å². The topological polar surface area (TPSA) is 59.9 Å². The number of ether oxygens (including phenoxy) is 1. The van der Waals surface area contributed by atoms with E-state index in [2.05, 4.69) is 20.3 Å². The summed E-state index contributed by atoms with van der Waals surface area (Å²) in [4.78, 5) is 12.8. The van der Waals surface area contributed by atoms with Gasteiger partial charge in [0.25, 0.3) is 0 Å². The van der Waals surface area contributed by atoms with Gasteiger partial charge in [0.05, 0.1) is 6.61 Å². The Morgan fingerprint density at radius 3 is 2.62 bits per heavy atom. The molecule has 21 heavy (non-hydrogen) atoms. The summed E-state index contributed by atoms with van der Waals surface area (Å²) in [5.41, 5.74) is 1.16. The number of benzene rings is 1. The number of hydrogen-bond acceptors (Lipinski definition) is 6. The minimum absolute atomic E-state index is 0.356. The van der Waals surface area contributed by atoms with Crippen molar-refractivity contribution in [3.63, 3.8) is 0 Å². The maximum Gasteiger partial charge on any atom is 0.322 e. The van der Waals surface area contributed by atoms with Crippen molar-refractivity contribution in [3.8, 4) is 6.01 Å². The Kier molecular flexibility index (Phi) is 6.07. The highest BCUT2D eigenvalue weighted by Crippen LogP contribution is 2.22. The fraction of sp³-hybridized carbons (Fsp3) is 0.357. The van der Waals surface area contributed by atoms with E-state index in [1.165, 1.54) is 11.8 Å². The second-order valence-corrected chi connectivity index (χ2v) is 5.62. The van der Waals surface area contributed by atoms with Gasteiger partial charge in [0.1, 0.15) is 0 Å². The van der Waals surface area contributed by atoms with Gasteiger partial charge < -0.3 is 10.1 Å². The minimum Gasteiger partial charge on any atom is -0.463 e. The van der Waals surface area contributed by atoms with Gasteiger partial charge >= 0.3 is 6.01 Å². The molecule has 1 N–H and O–H groups in total. The zero-order valence-electron chi connectivity index (χ0n) is 12.0. The second kappa shape index (κ2) is 8.05. The maximum atomic E-state index is 5.87. The highest BCUT2D eigenvalue weighted by molar-refractivity contribution is 7.98. The van der Waals surface area contributed by atoms with E-state index < -0.39 is 0 Å². The van der Waals surface area contributed by atoms with Gasteiger partial charge in [-0.05, 0) is 24.1 Å². The van der Waals surface area contributed by atoms with Gasteiger partial charge in [-0.25, -0.2) is 0 Å². The summed E-state index contributed by atoms with van der Waals surface area (Å²) in [5.74, 6) is 1.27. The van der Waals surface area contributed by atoms with Crippen LogP contribution >= 0.6 is 23.4 Å². The van der Waals surface area contributed by atoms with E-state index in [1.807, 2.05) is 31.2 Å². The largest absolute Gasteiger partial charge is 0.463 e. The van der Waals surface area contributed by atoms with E-state index >= 15 is 0 Å². The van der Waals surface area contributed by atoms with Gasteiger partial charge in [0, 0.05) is 17.8 Å². The number of aromatic nitrogens is 3. The third-order valence-electron chi connectivity index (χ3n) is 2.53. The van der Waals surface area contributed by atoms with Crippen LogP contribution in [0, 0.1) is 0 Å². The van der Waals surface area contributed by atoms with Gasteiger partial charge in [-0.3, -0.25) is 0 Å². The van der Waals surface area contributed by atoms with Gasteiger partial charge in [-0.2, -0.15) is 15.0 Å². The number of anilines is 1. The molecule has 0 aliphatic heterocycles. The molecule has 0 aliphatic carbocycles. The van der Waals surface area contributed by atoms with E-state index in [4.69, 9.17) is 16.3 Å². The summed E-state index contributed by atoms with van der Waals surface area (Å²) in [5, 5.41) is 4.28. The third-order valence-corrected chi connectivity index (χ3v) is 3.70. The fourth-order valence-electron chi connectivity index (χ4n) is 1.50. The van der Waals surface area contributed by atoms with Crippen LogP contribution in [-0.4, -0.2) is 28.6 Å². The molecule has 0 radical (unpaired) electrons. The Balaban J connectivity index is 2.05. The Morgan fingerprint density at radius 1 is 1.19 bits per heavy atom. The molecule has 0 fully saturated rings. The van der Waals surface area contributed by atoms with Crippen molar-refractivity contribution in [1.29, 1.82) is 0 Å². The van der Waals surface area contributed by atoms with Crippen molar-refractivity contribution in [3.05, 3.63) is 34.9 Å². The molecule has 0 spiro atoms. The van der Waals surface area contributed by atoms with E-state index in [0.717, 1.165) is 22.8 Å². The molecule has 2 rings (SSSR count). The van der Waals surface area contributed by atoms with Crippen LogP contribution in [0.25, 0.3) is 0 Å². The molecule has 1 heterocycles. The predicted octanol–water partition coefficient (Wildman–Crippen LogP) is 3.65. The first kappa shape index (κ1) is 15.9. The van der Waals surface area contributed by atoms with Crippen molar-refractivity contribution in [2.75, 3.05) is 19.0 Å². The lowest BCUT2D eigenvalue weighted by atomic mass is 10.2. The average molecular weight is 325 g/mol. The molecule has 1 aromatic heterocycles. The summed E-state index contributed by atoms with van der Waals surface area (Å²) < 4.78 is 5.47. The molecule has 0 saturated carbocycles. The lowest BCUT2D eigenvalue weighted by Crippen LogP contribution is -2.05. The molecule has 0 unspecified atom stereocenters. The van der Waals surface area contributed by atoms with Crippen molar-refractivity contribution in [2.24, 2.45) is 0 Å².